The Morgan fingerprint density at radius 1 is 1.15 bits per heavy atom. The minimum atomic E-state index is -0.864. The van der Waals surface area contributed by atoms with E-state index in [1.54, 1.807) is 13.8 Å². The van der Waals surface area contributed by atoms with Gasteiger partial charge in [0, 0.05) is 12.6 Å². The van der Waals surface area contributed by atoms with Gasteiger partial charge in [0.1, 0.15) is 35.8 Å². The van der Waals surface area contributed by atoms with Crippen molar-refractivity contribution in [2.75, 3.05) is 9.80 Å². The molecule has 0 spiro atoms. The first kappa shape index (κ1) is 23.9. The van der Waals surface area contributed by atoms with Gasteiger partial charge in [-0.25, -0.2) is 13.6 Å². The smallest absolute Gasteiger partial charge is 0.350 e. The molecule has 8 nitrogen and oxygen atoms in total. The number of anilines is 2. The van der Waals surface area contributed by atoms with Gasteiger partial charge in [-0.05, 0) is 52.0 Å². The Morgan fingerprint density at radius 3 is 2.41 bits per heavy atom. The summed E-state index contributed by atoms with van der Waals surface area (Å²) < 4.78 is 32.2. The van der Waals surface area contributed by atoms with Crippen LogP contribution in [0.25, 0.3) is 5.69 Å². The van der Waals surface area contributed by atoms with E-state index in [0.717, 1.165) is 10.7 Å². The highest BCUT2D eigenvalue weighted by Gasteiger charge is 2.40. The maximum absolute atomic E-state index is 15.3. The van der Waals surface area contributed by atoms with Crippen LogP contribution in [0.15, 0.2) is 35.1 Å². The second kappa shape index (κ2) is 8.84. The number of para-hydroxylation sites is 1. The number of carbonyl (C=O) groups is 1. The summed E-state index contributed by atoms with van der Waals surface area (Å²) in [6, 6.07) is 6.34. The van der Waals surface area contributed by atoms with Gasteiger partial charge in [0.05, 0.1) is 16.3 Å². The molecule has 11 heteroatoms. The van der Waals surface area contributed by atoms with Gasteiger partial charge in [-0.15, -0.1) is 5.10 Å². The molecule has 0 saturated heterocycles. The van der Waals surface area contributed by atoms with E-state index in [2.05, 4.69) is 5.10 Å². The predicted octanol–water partition coefficient (Wildman–Crippen LogP) is 3.70. The lowest BCUT2D eigenvalue weighted by Crippen LogP contribution is -2.57. The van der Waals surface area contributed by atoms with E-state index < -0.39 is 36.0 Å². The van der Waals surface area contributed by atoms with Gasteiger partial charge in [-0.3, -0.25) is 14.3 Å². The first-order chi connectivity index (χ1) is 16.1. The number of fused-ring (bicyclic) bond motifs is 1. The van der Waals surface area contributed by atoms with Gasteiger partial charge in [0.2, 0.25) is 0 Å². The van der Waals surface area contributed by atoms with Crippen molar-refractivity contribution in [3.8, 4) is 5.69 Å². The molecule has 34 heavy (non-hydrogen) atoms. The molecule has 180 valence electrons. The Kier molecular flexibility index (Phi) is 6.22. The quantitative estimate of drug-likeness (QED) is 0.588. The summed E-state index contributed by atoms with van der Waals surface area (Å²) in [6.07, 6.45) is -0.675. The van der Waals surface area contributed by atoms with Crippen LogP contribution in [0.2, 0.25) is 5.02 Å². The van der Waals surface area contributed by atoms with E-state index in [9.17, 15) is 19.1 Å². The highest BCUT2D eigenvalue weighted by molar-refractivity contribution is 6.34. The van der Waals surface area contributed by atoms with Gasteiger partial charge in [-0.2, -0.15) is 4.68 Å². The van der Waals surface area contributed by atoms with Crippen LogP contribution in [-0.4, -0.2) is 37.6 Å². The number of hydrogen-bond donors (Lipinski definition) is 1. The first-order valence-electron chi connectivity index (χ1n) is 10.8. The molecule has 0 aliphatic carbocycles. The second-order valence-electron chi connectivity index (χ2n) is 8.21. The average molecular weight is 492 g/mol. The number of aromatic nitrogens is 3. The van der Waals surface area contributed by atoms with E-state index >= 15 is 4.39 Å². The van der Waals surface area contributed by atoms with Gasteiger partial charge < -0.3 is 10.0 Å². The largest absolute Gasteiger partial charge is 0.388 e. The van der Waals surface area contributed by atoms with Crippen molar-refractivity contribution in [3.63, 3.8) is 0 Å². The van der Waals surface area contributed by atoms with Crippen LogP contribution >= 0.6 is 11.6 Å². The third-order valence-electron chi connectivity index (χ3n) is 5.93. The molecule has 2 heterocycles. The fourth-order valence-electron chi connectivity index (χ4n) is 4.47. The minimum absolute atomic E-state index is 0.00211. The SMILES string of the molecule is CCn1c(CO)nn(-c2cc3c(cc2F)C(=O)N(c2c(F)cccc2Cl)C(C)N3C(C)C)c1=O. The lowest BCUT2D eigenvalue weighted by molar-refractivity contribution is 0.0968. The number of amides is 1. The van der Waals surface area contributed by atoms with Crippen molar-refractivity contribution in [3.05, 3.63) is 68.9 Å². The Bertz CT molecular complexity index is 1320. The Hall–Kier alpha value is -3.24. The Labute approximate surface area is 199 Å². The standard InChI is InChI=1S/C23H24ClF2N5O3/c1-5-28-20(11-32)27-31(23(28)34)19-10-18-14(9-17(19)26)22(33)30(13(4)29(18)12(2)3)21-15(24)7-6-8-16(21)25/h6-10,12-13,32H,5,11H2,1-4H3. The summed E-state index contributed by atoms with van der Waals surface area (Å²) >= 11 is 6.25. The van der Waals surface area contributed by atoms with Crippen molar-refractivity contribution in [1.82, 2.24) is 14.3 Å². The summed E-state index contributed by atoms with van der Waals surface area (Å²) in [4.78, 5) is 29.3. The Morgan fingerprint density at radius 2 is 1.85 bits per heavy atom. The molecule has 0 radical (unpaired) electrons. The monoisotopic (exact) mass is 491 g/mol. The molecule has 2 aromatic carbocycles. The zero-order valence-corrected chi connectivity index (χ0v) is 19.8. The third-order valence-corrected chi connectivity index (χ3v) is 6.23. The number of aliphatic hydroxyl groups excluding tert-OH is 1. The lowest BCUT2D eigenvalue weighted by atomic mass is 10.0. The molecule has 3 aromatic rings. The molecule has 1 aliphatic rings. The number of nitrogens with zero attached hydrogens (tertiary/aromatic N) is 5. The molecular formula is C23H24ClF2N5O3. The van der Waals surface area contributed by atoms with Crippen molar-refractivity contribution < 1.29 is 18.7 Å². The number of aliphatic hydroxyl groups is 1. The van der Waals surface area contributed by atoms with Crippen LogP contribution in [0, 0.1) is 11.6 Å². The molecule has 1 aromatic heterocycles. The molecular weight excluding hydrogens is 468 g/mol. The highest BCUT2D eigenvalue weighted by atomic mass is 35.5. The van der Waals surface area contributed by atoms with Crippen molar-refractivity contribution >= 4 is 28.9 Å². The second-order valence-corrected chi connectivity index (χ2v) is 8.62. The fourth-order valence-corrected chi connectivity index (χ4v) is 4.72. The van der Waals surface area contributed by atoms with E-state index in [0.29, 0.717) is 5.69 Å². The summed E-state index contributed by atoms with van der Waals surface area (Å²) in [5.41, 5.74) is -0.494. The van der Waals surface area contributed by atoms with Gasteiger partial charge in [-0.1, -0.05) is 17.7 Å². The molecule has 1 unspecified atom stereocenters. The topological polar surface area (TPSA) is 83.6 Å². The van der Waals surface area contributed by atoms with Crippen LogP contribution in [0.4, 0.5) is 20.2 Å². The van der Waals surface area contributed by atoms with Crippen LogP contribution in [0.5, 0.6) is 0 Å². The molecule has 1 aliphatic heterocycles. The van der Waals surface area contributed by atoms with Crippen molar-refractivity contribution in [2.45, 2.75) is 53.1 Å². The maximum atomic E-state index is 15.3. The number of hydrogen-bond acceptors (Lipinski definition) is 5. The van der Waals surface area contributed by atoms with E-state index in [1.165, 1.54) is 33.7 Å². The van der Waals surface area contributed by atoms with E-state index in [1.807, 2.05) is 18.7 Å². The summed E-state index contributed by atoms with van der Waals surface area (Å²) in [5.74, 6) is -2.07. The van der Waals surface area contributed by atoms with E-state index in [4.69, 9.17) is 11.6 Å². The highest BCUT2D eigenvalue weighted by Crippen LogP contribution is 2.40. The third kappa shape index (κ3) is 3.57. The summed E-state index contributed by atoms with van der Waals surface area (Å²) in [7, 11) is 0. The van der Waals surface area contributed by atoms with Crippen molar-refractivity contribution in [2.24, 2.45) is 0 Å². The zero-order valence-electron chi connectivity index (χ0n) is 19.1. The minimum Gasteiger partial charge on any atom is -0.388 e. The summed E-state index contributed by atoms with van der Waals surface area (Å²) in [6.45, 7) is 6.93. The fraction of sp³-hybridized carbons (Fsp3) is 0.348. The maximum Gasteiger partial charge on any atom is 0.350 e. The predicted molar refractivity (Wildman–Crippen MR) is 125 cm³/mol. The number of rotatable bonds is 5. The normalized spacial score (nSPS) is 15.9. The van der Waals surface area contributed by atoms with Gasteiger partial charge in [0.25, 0.3) is 5.91 Å². The summed E-state index contributed by atoms with van der Waals surface area (Å²) in [5, 5.41) is 13.7. The van der Waals surface area contributed by atoms with Crippen LogP contribution in [0.3, 0.4) is 0 Å². The molecule has 0 saturated carbocycles. The van der Waals surface area contributed by atoms with Gasteiger partial charge >= 0.3 is 5.69 Å². The molecule has 0 fully saturated rings. The zero-order chi connectivity index (χ0) is 24.9. The van der Waals surface area contributed by atoms with Crippen molar-refractivity contribution in [1.29, 1.82) is 0 Å². The van der Waals surface area contributed by atoms with Crippen LogP contribution in [0.1, 0.15) is 43.9 Å². The number of carbonyl (C=O) groups excluding carboxylic acids is 1. The first-order valence-corrected chi connectivity index (χ1v) is 11.2. The van der Waals surface area contributed by atoms with E-state index in [-0.39, 0.29) is 40.4 Å². The van der Waals surface area contributed by atoms with Crippen LogP contribution < -0.4 is 15.5 Å². The Balaban J connectivity index is 1.95. The average Bonchev–Trinajstić information content (AvgIpc) is 3.10. The molecule has 0 bridgehead atoms. The molecule has 4 rings (SSSR count). The molecule has 1 amide bonds. The van der Waals surface area contributed by atoms with Gasteiger partial charge in [0.15, 0.2) is 5.82 Å². The lowest BCUT2D eigenvalue weighted by Gasteiger charge is -2.46. The number of benzene rings is 2. The molecule has 1 atom stereocenters. The van der Waals surface area contributed by atoms with Crippen LogP contribution in [-0.2, 0) is 13.2 Å². The molecule has 1 N–H and O–H groups in total. The number of halogens is 3.